The minimum atomic E-state index is 0.570. The molecule has 2 aromatic carbocycles. The molecule has 1 aliphatic rings. The quantitative estimate of drug-likeness (QED) is 0.676. The van der Waals surface area contributed by atoms with Crippen molar-refractivity contribution >= 4 is 28.1 Å². The maximum absolute atomic E-state index is 10.6. The van der Waals surface area contributed by atoms with Crippen LogP contribution in [0.25, 0.3) is 21.8 Å². The van der Waals surface area contributed by atoms with Crippen LogP contribution < -0.4 is 0 Å². The van der Waals surface area contributed by atoms with Gasteiger partial charge in [0.25, 0.3) is 0 Å². The molecule has 1 fully saturated rings. The van der Waals surface area contributed by atoms with Crippen molar-refractivity contribution in [3.05, 3.63) is 48.5 Å². The van der Waals surface area contributed by atoms with Gasteiger partial charge in [-0.3, -0.25) is 9.80 Å². The summed E-state index contributed by atoms with van der Waals surface area (Å²) in [5, 5.41) is 2.67. The number of aromatic nitrogens is 1. The van der Waals surface area contributed by atoms with E-state index in [-0.39, 0.29) is 0 Å². The molecular weight excluding hydrogens is 298 g/mol. The number of piperazine rings is 1. The molecule has 1 aliphatic heterocycles. The van der Waals surface area contributed by atoms with Gasteiger partial charge < -0.3 is 9.36 Å². The van der Waals surface area contributed by atoms with Crippen molar-refractivity contribution in [1.82, 2.24) is 14.4 Å². The summed E-state index contributed by atoms with van der Waals surface area (Å²) in [6.07, 6.45) is 1.01. The number of hydrogen-bond acceptors (Lipinski definition) is 3. The third kappa shape index (κ3) is 2.83. The molecule has 0 spiro atoms. The average molecular weight is 321 g/mol. The monoisotopic (exact) mass is 321 g/mol. The third-order valence-electron chi connectivity index (χ3n) is 5.12. The molecule has 3 aromatic rings. The molecule has 0 amide bonds. The van der Waals surface area contributed by atoms with E-state index in [0.29, 0.717) is 6.54 Å². The molecule has 1 aromatic heterocycles. The Kier molecular flexibility index (Phi) is 4.32. The number of hydrogen-bond donors (Lipinski definition) is 0. The van der Waals surface area contributed by atoms with E-state index in [4.69, 9.17) is 0 Å². The van der Waals surface area contributed by atoms with Gasteiger partial charge in [0.1, 0.15) is 6.29 Å². The van der Waals surface area contributed by atoms with Crippen LogP contribution in [0, 0.1) is 0 Å². The van der Waals surface area contributed by atoms with E-state index in [1.54, 1.807) is 0 Å². The Bertz CT molecular complexity index is 793. The van der Waals surface area contributed by atoms with Gasteiger partial charge in [0.2, 0.25) is 0 Å². The van der Waals surface area contributed by atoms with Crippen LogP contribution in [0.2, 0.25) is 0 Å². The number of aldehydes is 1. The highest BCUT2D eigenvalue weighted by Gasteiger charge is 2.17. The fourth-order valence-corrected chi connectivity index (χ4v) is 3.79. The molecule has 124 valence electrons. The summed E-state index contributed by atoms with van der Waals surface area (Å²) in [6.45, 7) is 6.70. The molecule has 0 atom stereocenters. The van der Waals surface area contributed by atoms with Gasteiger partial charge in [-0.2, -0.15) is 0 Å². The largest absolute Gasteiger partial charge is 0.339 e. The molecule has 1 saturated heterocycles. The molecule has 0 radical (unpaired) electrons. The second kappa shape index (κ2) is 6.75. The lowest BCUT2D eigenvalue weighted by atomic mass is 10.2. The molecule has 0 unspecified atom stereocenters. The van der Waals surface area contributed by atoms with E-state index in [0.717, 1.165) is 45.6 Å². The highest BCUT2D eigenvalue weighted by molar-refractivity contribution is 6.07. The Morgan fingerprint density at radius 3 is 1.88 bits per heavy atom. The topological polar surface area (TPSA) is 28.5 Å². The van der Waals surface area contributed by atoms with Gasteiger partial charge in [-0.15, -0.1) is 0 Å². The number of para-hydroxylation sites is 2. The molecular formula is C20H23N3O. The standard InChI is InChI=1S/C20H23N3O/c24-16-15-22-11-9-21(10-12-22)13-14-23-19-7-3-1-5-17(19)18-6-2-4-8-20(18)23/h1-8,16H,9-15H2. The number of fused-ring (bicyclic) bond motifs is 3. The Balaban J connectivity index is 1.53. The summed E-state index contributed by atoms with van der Waals surface area (Å²) >= 11 is 0. The summed E-state index contributed by atoms with van der Waals surface area (Å²) in [4.78, 5) is 15.4. The van der Waals surface area contributed by atoms with Gasteiger partial charge in [-0.1, -0.05) is 36.4 Å². The van der Waals surface area contributed by atoms with Gasteiger partial charge in [0, 0.05) is 61.1 Å². The fraction of sp³-hybridized carbons (Fsp3) is 0.350. The van der Waals surface area contributed by atoms with Crippen molar-refractivity contribution < 1.29 is 4.79 Å². The van der Waals surface area contributed by atoms with Crippen LogP contribution in [0.3, 0.4) is 0 Å². The van der Waals surface area contributed by atoms with Gasteiger partial charge in [-0.25, -0.2) is 0 Å². The molecule has 24 heavy (non-hydrogen) atoms. The first-order valence-corrected chi connectivity index (χ1v) is 8.71. The molecule has 2 heterocycles. The predicted octanol–water partition coefficient (Wildman–Crippen LogP) is 2.61. The maximum Gasteiger partial charge on any atom is 0.133 e. The fourth-order valence-electron chi connectivity index (χ4n) is 3.79. The first kappa shape index (κ1) is 15.4. The lowest BCUT2D eigenvalue weighted by Crippen LogP contribution is -2.47. The van der Waals surface area contributed by atoms with Crippen LogP contribution in [0.5, 0.6) is 0 Å². The lowest BCUT2D eigenvalue weighted by molar-refractivity contribution is -0.109. The average Bonchev–Trinajstić information content (AvgIpc) is 2.96. The minimum absolute atomic E-state index is 0.570. The van der Waals surface area contributed by atoms with Crippen molar-refractivity contribution in [3.8, 4) is 0 Å². The van der Waals surface area contributed by atoms with Crippen LogP contribution in [0.15, 0.2) is 48.5 Å². The zero-order valence-corrected chi connectivity index (χ0v) is 13.9. The van der Waals surface area contributed by atoms with Gasteiger partial charge in [0.05, 0.1) is 6.54 Å². The number of rotatable bonds is 5. The molecule has 4 nitrogen and oxygen atoms in total. The highest BCUT2D eigenvalue weighted by Crippen LogP contribution is 2.28. The van der Waals surface area contributed by atoms with Crippen LogP contribution in [-0.4, -0.2) is 59.9 Å². The summed E-state index contributed by atoms with van der Waals surface area (Å²) in [6, 6.07) is 17.3. The van der Waals surface area contributed by atoms with E-state index in [2.05, 4.69) is 62.9 Å². The summed E-state index contributed by atoms with van der Waals surface area (Å²) in [5.74, 6) is 0. The normalized spacial score (nSPS) is 16.8. The van der Waals surface area contributed by atoms with Gasteiger partial charge in [0.15, 0.2) is 0 Å². The predicted molar refractivity (Wildman–Crippen MR) is 98.4 cm³/mol. The van der Waals surface area contributed by atoms with E-state index in [1.807, 2.05) is 0 Å². The van der Waals surface area contributed by atoms with Gasteiger partial charge >= 0.3 is 0 Å². The number of nitrogens with zero attached hydrogens (tertiary/aromatic N) is 3. The minimum Gasteiger partial charge on any atom is -0.339 e. The van der Waals surface area contributed by atoms with Crippen molar-refractivity contribution in [2.75, 3.05) is 39.3 Å². The second-order valence-electron chi connectivity index (χ2n) is 6.49. The van der Waals surface area contributed by atoms with E-state index in [1.165, 1.54) is 21.8 Å². The Hall–Kier alpha value is -2.17. The summed E-state index contributed by atoms with van der Waals surface area (Å²) in [7, 11) is 0. The van der Waals surface area contributed by atoms with Crippen molar-refractivity contribution in [3.63, 3.8) is 0 Å². The third-order valence-corrected chi connectivity index (χ3v) is 5.12. The number of benzene rings is 2. The van der Waals surface area contributed by atoms with Crippen LogP contribution in [0.4, 0.5) is 0 Å². The first-order valence-electron chi connectivity index (χ1n) is 8.71. The Morgan fingerprint density at radius 1 is 0.750 bits per heavy atom. The first-order chi connectivity index (χ1) is 11.9. The van der Waals surface area contributed by atoms with Crippen LogP contribution >= 0.6 is 0 Å². The summed E-state index contributed by atoms with van der Waals surface area (Å²) in [5.41, 5.74) is 2.64. The van der Waals surface area contributed by atoms with Gasteiger partial charge in [-0.05, 0) is 12.1 Å². The molecule has 0 aliphatic carbocycles. The van der Waals surface area contributed by atoms with Crippen LogP contribution in [-0.2, 0) is 11.3 Å². The van der Waals surface area contributed by atoms with E-state index >= 15 is 0 Å². The number of carbonyl (C=O) groups excluding carboxylic acids is 1. The van der Waals surface area contributed by atoms with Crippen molar-refractivity contribution in [2.24, 2.45) is 0 Å². The zero-order valence-electron chi connectivity index (χ0n) is 13.9. The molecule has 4 heteroatoms. The molecule has 4 rings (SSSR count). The SMILES string of the molecule is O=CCN1CCN(CCn2c3ccccc3c3ccccc32)CC1. The highest BCUT2D eigenvalue weighted by atomic mass is 16.1. The molecule has 0 N–H and O–H groups in total. The molecule has 0 saturated carbocycles. The smallest absolute Gasteiger partial charge is 0.133 e. The number of carbonyl (C=O) groups is 1. The second-order valence-corrected chi connectivity index (χ2v) is 6.49. The van der Waals surface area contributed by atoms with Crippen LogP contribution in [0.1, 0.15) is 0 Å². The summed E-state index contributed by atoms with van der Waals surface area (Å²) < 4.78 is 2.45. The van der Waals surface area contributed by atoms with Crippen molar-refractivity contribution in [2.45, 2.75) is 6.54 Å². The zero-order chi connectivity index (χ0) is 16.4. The Labute approximate surface area is 142 Å². The van der Waals surface area contributed by atoms with Crippen molar-refractivity contribution in [1.29, 1.82) is 0 Å². The van der Waals surface area contributed by atoms with E-state index < -0.39 is 0 Å². The Morgan fingerprint density at radius 2 is 1.29 bits per heavy atom. The maximum atomic E-state index is 10.6. The lowest BCUT2D eigenvalue weighted by Gasteiger charge is -2.33. The van der Waals surface area contributed by atoms with E-state index in [9.17, 15) is 4.79 Å². The molecule has 0 bridgehead atoms.